The molecule has 1 aromatic carbocycles. The van der Waals surface area contributed by atoms with Gasteiger partial charge in [-0.2, -0.15) is 10.2 Å². The van der Waals surface area contributed by atoms with Gasteiger partial charge in [0.25, 0.3) is 5.91 Å². The molecule has 0 unspecified atom stereocenters. The van der Waals surface area contributed by atoms with E-state index < -0.39 is 0 Å². The Labute approximate surface area is 160 Å². The summed E-state index contributed by atoms with van der Waals surface area (Å²) in [6.45, 7) is 5.52. The fourth-order valence-electron chi connectivity index (χ4n) is 3.30. The van der Waals surface area contributed by atoms with Gasteiger partial charge in [0, 0.05) is 18.8 Å². The Kier molecular flexibility index (Phi) is 4.18. The fourth-order valence-corrected chi connectivity index (χ4v) is 3.30. The van der Waals surface area contributed by atoms with Crippen molar-refractivity contribution in [2.45, 2.75) is 20.8 Å². The summed E-state index contributed by atoms with van der Waals surface area (Å²) < 4.78 is 16.5. The SMILES string of the molecule is Cc1cc(C(=O)Nc2cc(C)nn2-c2ccc(F)cc2)c2c(C)nn(C)c2n1. The molecule has 0 fully saturated rings. The van der Waals surface area contributed by atoms with Crippen LogP contribution in [-0.4, -0.2) is 30.5 Å². The van der Waals surface area contributed by atoms with E-state index in [0.29, 0.717) is 22.7 Å². The number of nitrogens with one attached hydrogen (secondary N) is 1. The minimum atomic E-state index is -0.333. The highest BCUT2D eigenvalue weighted by Crippen LogP contribution is 2.24. The predicted octanol–water partition coefficient (Wildman–Crippen LogP) is 3.47. The first-order chi connectivity index (χ1) is 13.3. The molecule has 0 atom stereocenters. The summed E-state index contributed by atoms with van der Waals surface area (Å²) in [7, 11) is 1.80. The van der Waals surface area contributed by atoms with Gasteiger partial charge in [-0.15, -0.1) is 0 Å². The molecule has 7 nitrogen and oxygen atoms in total. The number of anilines is 1. The number of amides is 1. The second-order valence-electron chi connectivity index (χ2n) is 6.73. The number of hydrogen-bond acceptors (Lipinski definition) is 4. The Bertz CT molecular complexity index is 1210. The van der Waals surface area contributed by atoms with Crippen molar-refractivity contribution in [1.29, 1.82) is 0 Å². The number of fused-ring (bicyclic) bond motifs is 1. The molecular weight excluding hydrogens is 359 g/mol. The topological polar surface area (TPSA) is 77.6 Å². The number of halogens is 1. The third kappa shape index (κ3) is 3.02. The molecule has 0 radical (unpaired) electrons. The number of benzene rings is 1. The average Bonchev–Trinajstić information content (AvgIpc) is 3.14. The lowest BCUT2D eigenvalue weighted by Crippen LogP contribution is -2.16. The van der Waals surface area contributed by atoms with E-state index in [9.17, 15) is 9.18 Å². The van der Waals surface area contributed by atoms with Gasteiger partial charge in [0.15, 0.2) is 5.65 Å². The van der Waals surface area contributed by atoms with Crippen molar-refractivity contribution in [3.05, 3.63) is 64.9 Å². The minimum Gasteiger partial charge on any atom is -0.306 e. The third-order valence-electron chi connectivity index (χ3n) is 4.49. The van der Waals surface area contributed by atoms with E-state index in [2.05, 4.69) is 20.5 Å². The lowest BCUT2D eigenvalue weighted by atomic mass is 10.1. The molecule has 142 valence electrons. The van der Waals surface area contributed by atoms with Crippen LogP contribution in [0, 0.1) is 26.6 Å². The molecule has 0 saturated carbocycles. The smallest absolute Gasteiger partial charge is 0.257 e. The number of nitrogens with zero attached hydrogens (tertiary/aromatic N) is 5. The number of hydrogen-bond donors (Lipinski definition) is 1. The van der Waals surface area contributed by atoms with Crippen molar-refractivity contribution in [1.82, 2.24) is 24.5 Å². The number of carbonyl (C=O) groups is 1. The van der Waals surface area contributed by atoms with Gasteiger partial charge in [-0.05, 0) is 51.1 Å². The van der Waals surface area contributed by atoms with Crippen LogP contribution < -0.4 is 5.32 Å². The van der Waals surface area contributed by atoms with Gasteiger partial charge in [0.1, 0.15) is 11.6 Å². The molecule has 0 aliphatic rings. The first kappa shape index (κ1) is 17.8. The van der Waals surface area contributed by atoms with E-state index in [1.165, 1.54) is 12.1 Å². The van der Waals surface area contributed by atoms with Crippen LogP contribution in [0.1, 0.15) is 27.4 Å². The molecule has 0 bridgehead atoms. The second kappa shape index (κ2) is 6.56. The molecule has 0 spiro atoms. The lowest BCUT2D eigenvalue weighted by Gasteiger charge is -2.10. The van der Waals surface area contributed by atoms with Crippen molar-refractivity contribution in [3.8, 4) is 5.69 Å². The zero-order chi connectivity index (χ0) is 20.0. The summed E-state index contributed by atoms with van der Waals surface area (Å²) in [6, 6.07) is 9.44. The third-order valence-corrected chi connectivity index (χ3v) is 4.49. The van der Waals surface area contributed by atoms with Gasteiger partial charge in [-0.25, -0.2) is 14.1 Å². The number of carbonyl (C=O) groups excluding carboxylic acids is 1. The Morgan fingerprint density at radius 2 is 1.75 bits per heavy atom. The summed E-state index contributed by atoms with van der Waals surface area (Å²) in [6.07, 6.45) is 0. The van der Waals surface area contributed by atoms with Crippen LogP contribution in [0.3, 0.4) is 0 Å². The van der Waals surface area contributed by atoms with Crippen LogP contribution in [0.4, 0.5) is 10.2 Å². The minimum absolute atomic E-state index is 0.283. The number of pyridine rings is 1. The first-order valence-corrected chi connectivity index (χ1v) is 8.78. The van der Waals surface area contributed by atoms with Gasteiger partial charge < -0.3 is 5.32 Å². The van der Waals surface area contributed by atoms with Crippen molar-refractivity contribution in [2.75, 3.05) is 5.32 Å². The number of aromatic nitrogens is 5. The van der Waals surface area contributed by atoms with Crippen molar-refractivity contribution >= 4 is 22.8 Å². The van der Waals surface area contributed by atoms with Gasteiger partial charge in [0.2, 0.25) is 0 Å². The molecule has 0 saturated heterocycles. The van der Waals surface area contributed by atoms with E-state index in [4.69, 9.17) is 0 Å². The molecule has 1 amide bonds. The molecule has 28 heavy (non-hydrogen) atoms. The molecule has 0 aliphatic carbocycles. The standard InChI is InChI=1S/C20H19FN6O/c1-11-9-16(18-13(3)25-26(4)19(18)22-11)20(28)23-17-10-12(2)24-27(17)15-7-5-14(21)6-8-15/h5-10H,1-4H3,(H,23,28). The van der Waals surface area contributed by atoms with Gasteiger partial charge in [0.05, 0.1) is 28.0 Å². The van der Waals surface area contributed by atoms with E-state index >= 15 is 0 Å². The van der Waals surface area contributed by atoms with Crippen molar-refractivity contribution in [2.24, 2.45) is 7.05 Å². The predicted molar refractivity (Wildman–Crippen MR) is 104 cm³/mol. The summed E-state index contributed by atoms with van der Waals surface area (Å²) >= 11 is 0. The summed E-state index contributed by atoms with van der Waals surface area (Å²) in [5, 5.41) is 12.4. The summed E-state index contributed by atoms with van der Waals surface area (Å²) in [4.78, 5) is 17.6. The molecule has 4 aromatic rings. The highest BCUT2D eigenvalue weighted by molar-refractivity contribution is 6.12. The highest BCUT2D eigenvalue weighted by Gasteiger charge is 2.19. The molecule has 3 heterocycles. The summed E-state index contributed by atoms with van der Waals surface area (Å²) in [5.74, 6) is -0.118. The Balaban J connectivity index is 1.76. The molecule has 1 N–H and O–H groups in total. The Morgan fingerprint density at radius 1 is 1.04 bits per heavy atom. The van der Waals surface area contributed by atoms with Crippen molar-refractivity contribution < 1.29 is 9.18 Å². The second-order valence-corrected chi connectivity index (χ2v) is 6.73. The van der Waals surface area contributed by atoms with Crippen molar-refractivity contribution in [3.63, 3.8) is 0 Å². The normalized spacial score (nSPS) is 11.2. The zero-order valence-corrected chi connectivity index (χ0v) is 16.0. The molecule has 8 heteroatoms. The van der Waals surface area contributed by atoms with Gasteiger partial charge in [-0.3, -0.25) is 9.48 Å². The monoisotopic (exact) mass is 378 g/mol. The Hall–Kier alpha value is -3.55. The quantitative estimate of drug-likeness (QED) is 0.592. The Morgan fingerprint density at radius 3 is 2.46 bits per heavy atom. The largest absolute Gasteiger partial charge is 0.306 e. The number of rotatable bonds is 3. The first-order valence-electron chi connectivity index (χ1n) is 8.78. The van der Waals surface area contributed by atoms with Crippen LogP contribution in [0.2, 0.25) is 0 Å². The zero-order valence-electron chi connectivity index (χ0n) is 16.0. The number of aryl methyl sites for hydroxylation is 4. The lowest BCUT2D eigenvalue weighted by molar-refractivity contribution is 0.102. The van der Waals surface area contributed by atoms with E-state index in [-0.39, 0.29) is 11.7 Å². The average molecular weight is 378 g/mol. The van der Waals surface area contributed by atoms with E-state index in [1.807, 2.05) is 20.8 Å². The van der Waals surface area contributed by atoms with Gasteiger partial charge in [-0.1, -0.05) is 0 Å². The maximum absolute atomic E-state index is 13.3. The maximum atomic E-state index is 13.3. The van der Waals surface area contributed by atoms with E-state index in [1.54, 1.807) is 40.7 Å². The maximum Gasteiger partial charge on any atom is 0.257 e. The molecular formula is C20H19FN6O. The van der Waals surface area contributed by atoms with Crippen LogP contribution in [0.5, 0.6) is 0 Å². The van der Waals surface area contributed by atoms with Crippen LogP contribution in [0.15, 0.2) is 36.4 Å². The van der Waals surface area contributed by atoms with Gasteiger partial charge >= 0.3 is 0 Å². The van der Waals surface area contributed by atoms with Crippen LogP contribution >= 0.6 is 0 Å². The van der Waals surface area contributed by atoms with E-state index in [0.717, 1.165) is 22.5 Å². The molecule has 4 rings (SSSR count). The highest BCUT2D eigenvalue weighted by atomic mass is 19.1. The van der Waals surface area contributed by atoms with Crippen LogP contribution in [-0.2, 0) is 7.05 Å². The summed E-state index contributed by atoms with van der Waals surface area (Å²) in [5.41, 5.74) is 4.00. The van der Waals surface area contributed by atoms with Crippen LogP contribution in [0.25, 0.3) is 16.7 Å². The molecule has 3 aromatic heterocycles. The fraction of sp³-hybridized carbons (Fsp3) is 0.200. The molecule has 0 aliphatic heterocycles.